The van der Waals surface area contributed by atoms with Gasteiger partial charge in [0.25, 0.3) is 0 Å². The zero-order chi connectivity index (χ0) is 16.9. The van der Waals surface area contributed by atoms with Crippen LogP contribution in [0.3, 0.4) is 0 Å². The molecule has 1 heterocycles. The molecule has 1 aliphatic heterocycles. The molecule has 7 nitrogen and oxygen atoms in total. The van der Waals surface area contributed by atoms with Crippen LogP contribution in [0.2, 0.25) is 0 Å². The fourth-order valence-corrected chi connectivity index (χ4v) is 1.44. The van der Waals surface area contributed by atoms with Gasteiger partial charge >= 0.3 is 119 Å². The molecule has 1 saturated heterocycles. The van der Waals surface area contributed by atoms with Gasteiger partial charge in [-0.2, -0.15) is 0 Å². The molecule has 1 atom stereocenters. The fraction of sp³-hybridized carbons (Fsp3) is 0.455. The Kier molecular flexibility index (Phi) is 49.0. The van der Waals surface area contributed by atoms with E-state index in [1.165, 1.54) is 0 Å². The summed E-state index contributed by atoms with van der Waals surface area (Å²) in [6.45, 7) is 25.4. The number of aliphatic hydroxyl groups excluding tert-OH is 1. The molecule has 0 radical (unpaired) electrons. The quantitative estimate of drug-likeness (QED) is 0.535. The molecule has 19 heavy (non-hydrogen) atoms. The predicted octanol–water partition coefficient (Wildman–Crippen LogP) is -0.106. The second kappa shape index (κ2) is 30.2. The zero-order valence-corrected chi connectivity index (χ0v) is 11.2. The van der Waals surface area contributed by atoms with Gasteiger partial charge < -0.3 is 0 Å². The summed E-state index contributed by atoms with van der Waals surface area (Å²) in [5.74, 6) is 0. The van der Waals surface area contributed by atoms with E-state index >= 15 is 0 Å². The third kappa shape index (κ3) is 22.7. The van der Waals surface area contributed by atoms with E-state index in [0.29, 0.717) is 6.61 Å². The summed E-state index contributed by atoms with van der Waals surface area (Å²) in [7, 11) is 0. The Hall–Kier alpha value is -0.978. The molecule has 0 aliphatic carbocycles. The third-order valence-electron chi connectivity index (χ3n) is 1.53. The van der Waals surface area contributed by atoms with Crippen LogP contribution in [0.15, 0.2) is 0 Å². The van der Waals surface area contributed by atoms with Gasteiger partial charge in [-0.05, 0) is 0 Å². The summed E-state index contributed by atoms with van der Waals surface area (Å²) in [5.41, 5.74) is -0.0272. The summed E-state index contributed by atoms with van der Waals surface area (Å²) in [6, 6.07) is 0. The molecular formula is C11H10CrO7. The molecule has 102 valence electrons. The second-order valence-corrected chi connectivity index (χ2v) is 3.52. The van der Waals surface area contributed by atoms with Crippen molar-refractivity contribution < 1.29 is 49.0 Å². The Balaban J connectivity index is -0.0000000557. The normalized spacial score (nSPS) is 17.4. The van der Waals surface area contributed by atoms with Crippen molar-refractivity contribution in [1.29, 1.82) is 0 Å². The van der Waals surface area contributed by atoms with Gasteiger partial charge in [-0.1, -0.05) is 0 Å². The summed E-state index contributed by atoms with van der Waals surface area (Å²) in [6.07, 6.45) is 0.851. The molecule has 1 aliphatic rings. The molecule has 0 saturated carbocycles. The van der Waals surface area contributed by atoms with E-state index < -0.39 is 0 Å². The number of hydrogen-bond acceptors (Lipinski definition) is 2. The Morgan fingerprint density at radius 3 is 1.47 bits per heavy atom. The fourth-order valence-electron chi connectivity index (χ4n) is 0.807. The summed E-state index contributed by atoms with van der Waals surface area (Å²) in [4.78, 5) is 0. The van der Waals surface area contributed by atoms with Crippen molar-refractivity contribution in [3.05, 3.63) is 33.3 Å². The Morgan fingerprint density at radius 1 is 1.05 bits per heavy atom. The van der Waals surface area contributed by atoms with Crippen LogP contribution >= 0.6 is 0 Å². The molecule has 0 aromatic rings. The van der Waals surface area contributed by atoms with Gasteiger partial charge in [0.15, 0.2) is 0 Å². The average Bonchev–Trinajstić information content (AvgIpc) is 2.89. The first-order chi connectivity index (χ1) is 9.16. The maximum atomic E-state index is 8.84. The molecule has 0 aromatic carbocycles. The van der Waals surface area contributed by atoms with Crippen LogP contribution in [-0.2, 0) is 43.8 Å². The van der Waals surface area contributed by atoms with Crippen molar-refractivity contribution in [2.75, 3.05) is 13.2 Å². The molecule has 0 aromatic heterocycles. The molecule has 1 rings (SSSR count). The zero-order valence-electron chi connectivity index (χ0n) is 9.93. The Labute approximate surface area is 119 Å². The molecule has 1 unspecified atom stereocenters. The van der Waals surface area contributed by atoms with Crippen LogP contribution in [0, 0.1) is 38.7 Å². The van der Waals surface area contributed by atoms with Crippen LogP contribution in [0.5, 0.6) is 0 Å². The number of rotatable bonds is 1. The predicted molar refractivity (Wildman–Crippen MR) is 50.4 cm³/mol. The summed E-state index contributed by atoms with van der Waals surface area (Å²) < 4.78 is 43.6. The van der Waals surface area contributed by atoms with Gasteiger partial charge in [0, 0.05) is 0 Å². The van der Waals surface area contributed by atoms with Gasteiger partial charge in [0.05, 0.1) is 0 Å². The van der Waals surface area contributed by atoms with E-state index in [0.717, 1.165) is 11.0 Å². The third-order valence-corrected chi connectivity index (χ3v) is 1.94. The molecule has 1 fully saturated rings. The molecule has 0 bridgehead atoms. The Morgan fingerprint density at radius 2 is 1.37 bits per heavy atom. The average molecular weight is 306 g/mol. The van der Waals surface area contributed by atoms with Crippen molar-refractivity contribution in [2.45, 2.75) is 13.3 Å². The number of ether oxygens (including phenoxy) is 1. The SMILES string of the molecule is CC1(CO)CO[C](=[Cr])C1.[C-]#[O+].[C-]#[O+].[C-]#[O+].[C-]#[O+].[C-]#[O+]. The van der Waals surface area contributed by atoms with Crippen molar-refractivity contribution in [3.8, 4) is 0 Å². The standard InChI is InChI=1S/C6H10O2.5CO.Cr/c1-6(4-7)2-3-8-5-6;5*1-2;/h7H,2,4-5H2,1H3;;;;;;. The van der Waals surface area contributed by atoms with Gasteiger partial charge in [0.1, 0.15) is 0 Å². The molecular weight excluding hydrogens is 296 g/mol. The number of hydrogen-bond donors (Lipinski definition) is 1. The van der Waals surface area contributed by atoms with E-state index in [2.05, 4.69) is 49.1 Å². The molecule has 0 amide bonds. The molecule has 8 heteroatoms. The van der Waals surface area contributed by atoms with Crippen LogP contribution in [-0.4, -0.2) is 22.9 Å². The van der Waals surface area contributed by atoms with Crippen LogP contribution in [0.1, 0.15) is 13.3 Å². The van der Waals surface area contributed by atoms with Crippen molar-refractivity contribution in [3.63, 3.8) is 0 Å². The molecule has 1 N–H and O–H groups in total. The molecule has 0 spiro atoms. The number of aliphatic hydroxyl groups is 1. The maximum absolute atomic E-state index is 8.84. The Bertz CT molecular complexity index is 268. The van der Waals surface area contributed by atoms with Crippen LogP contribution in [0.25, 0.3) is 0 Å². The van der Waals surface area contributed by atoms with E-state index in [4.69, 9.17) is 33.1 Å². The van der Waals surface area contributed by atoms with Gasteiger partial charge in [-0.15, -0.1) is 0 Å². The van der Waals surface area contributed by atoms with E-state index in [1.807, 2.05) is 6.92 Å². The first-order valence-electron chi connectivity index (χ1n) is 3.95. The first kappa shape index (κ1) is 30.8. The van der Waals surface area contributed by atoms with Crippen LogP contribution in [0.4, 0.5) is 0 Å². The van der Waals surface area contributed by atoms with Crippen molar-refractivity contribution >= 4 is 4.57 Å². The minimum atomic E-state index is -0.0272. The van der Waals surface area contributed by atoms with E-state index in [-0.39, 0.29) is 12.0 Å². The minimum absolute atomic E-state index is 0.0272. The van der Waals surface area contributed by atoms with E-state index in [9.17, 15) is 0 Å². The summed E-state index contributed by atoms with van der Waals surface area (Å²) in [5, 5.41) is 8.84. The monoisotopic (exact) mass is 306 g/mol. The van der Waals surface area contributed by atoms with Crippen LogP contribution < -0.4 is 0 Å². The topological polar surface area (TPSA) is 129 Å². The van der Waals surface area contributed by atoms with Gasteiger partial charge in [-0.25, -0.2) is 0 Å². The van der Waals surface area contributed by atoms with Crippen molar-refractivity contribution in [2.24, 2.45) is 5.41 Å². The van der Waals surface area contributed by atoms with Gasteiger partial charge in [0.2, 0.25) is 0 Å². The first-order valence-corrected chi connectivity index (χ1v) is 4.59. The summed E-state index contributed by atoms with van der Waals surface area (Å²) >= 11 is 2.81. The van der Waals surface area contributed by atoms with E-state index in [1.54, 1.807) is 0 Å². The second-order valence-electron chi connectivity index (χ2n) is 2.81. The van der Waals surface area contributed by atoms with Gasteiger partial charge in [-0.3, -0.25) is 0 Å². The van der Waals surface area contributed by atoms with Crippen molar-refractivity contribution in [1.82, 2.24) is 0 Å².